The number of halogens is 1. The summed E-state index contributed by atoms with van der Waals surface area (Å²) in [5.41, 5.74) is -1.63. The van der Waals surface area contributed by atoms with Crippen LogP contribution in [0.25, 0.3) is 0 Å². The molecular weight excluding hydrogens is 328 g/mol. The van der Waals surface area contributed by atoms with Crippen LogP contribution in [0.1, 0.15) is 6.23 Å². The molecule has 2 rings (SSSR count). The highest BCUT2D eigenvalue weighted by atomic mass is 31.2. The van der Waals surface area contributed by atoms with E-state index in [1.807, 2.05) is 4.98 Å². The first kappa shape index (κ1) is 18.6. The van der Waals surface area contributed by atoms with Crippen LogP contribution in [0.4, 0.5) is 4.39 Å². The average Bonchev–Trinajstić information content (AvgIpc) is 2.64. The van der Waals surface area contributed by atoms with E-state index in [1.54, 1.807) is 0 Å². The molecule has 0 radical (unpaired) electrons. The quantitative estimate of drug-likeness (QED) is 0.401. The van der Waals surface area contributed by atoms with Gasteiger partial charge in [-0.2, -0.15) is 0 Å². The lowest BCUT2D eigenvalue weighted by Gasteiger charge is -2.15. The maximum absolute atomic E-state index is 13.9. The molecule has 0 unspecified atom stereocenters. The number of ether oxygens (including phenoxy) is 1. The largest absolute Gasteiger partial charge is 0.469 e. The van der Waals surface area contributed by atoms with Crippen molar-refractivity contribution in [3.05, 3.63) is 33.1 Å². The van der Waals surface area contributed by atoms with Gasteiger partial charge in [0, 0.05) is 12.3 Å². The minimum Gasteiger partial charge on any atom is -0.387 e. The number of rotatable bonds is 4. The Balaban J connectivity index is 0.00000242. The third-order valence-electron chi connectivity index (χ3n) is 2.83. The zero-order valence-electron chi connectivity index (χ0n) is 11.0. The van der Waals surface area contributed by atoms with Crippen LogP contribution >= 0.6 is 7.82 Å². The molecule has 1 saturated heterocycles. The summed E-state index contributed by atoms with van der Waals surface area (Å²) >= 11 is 0. The number of nitrogens with zero attached hydrogens (tertiary/aromatic N) is 1. The number of nitrogens with one attached hydrogen (secondary N) is 1. The minimum absolute atomic E-state index is 0. The third-order valence-corrected chi connectivity index (χ3v) is 3.31. The molecule has 1 aromatic heterocycles. The second-order valence-corrected chi connectivity index (χ2v) is 5.54. The number of aromatic amines is 1. The first-order valence-corrected chi connectivity index (χ1v) is 7.21. The highest BCUT2D eigenvalue weighted by Crippen LogP contribution is 2.38. The standard InChI is InChI=1S/C9H12FN2O8P.H3N/c10-6-7(14)4(3-19-21(16,17)18)20-8(6)12-2-1-5(13)11-9(12)15;/h1-2,4,6-8,14H,3H2,(H,11,13,15)(H2,16,17,18);1H3/t4-,6+,7-,8-;/m1./s1. The van der Waals surface area contributed by atoms with E-state index < -0.39 is 50.3 Å². The zero-order valence-corrected chi connectivity index (χ0v) is 11.9. The average molecular weight is 343 g/mol. The predicted octanol–water partition coefficient (Wildman–Crippen LogP) is -1.60. The van der Waals surface area contributed by atoms with E-state index >= 15 is 0 Å². The molecule has 1 aliphatic rings. The topological polar surface area (TPSA) is 186 Å². The highest BCUT2D eigenvalue weighted by Gasteiger charge is 2.46. The van der Waals surface area contributed by atoms with Crippen LogP contribution in [0.2, 0.25) is 0 Å². The monoisotopic (exact) mass is 343 g/mol. The fraction of sp³-hybridized carbons (Fsp3) is 0.556. The van der Waals surface area contributed by atoms with Gasteiger partial charge in [-0.25, -0.2) is 13.8 Å². The maximum Gasteiger partial charge on any atom is 0.469 e. The zero-order chi connectivity index (χ0) is 15.8. The molecule has 2 heterocycles. The number of H-pyrrole nitrogens is 1. The molecule has 11 nitrogen and oxygen atoms in total. The van der Waals surface area contributed by atoms with Gasteiger partial charge in [0.2, 0.25) is 0 Å². The summed E-state index contributed by atoms with van der Waals surface area (Å²) in [4.78, 5) is 41.4. The molecule has 0 aromatic carbocycles. The SMILES string of the molecule is N.O=c1ccn([C@@H]2O[C@H](COP(=O)(O)O)[C@@H](O)[C@@H]2F)c(=O)[nH]1. The van der Waals surface area contributed by atoms with Crippen molar-refractivity contribution in [2.45, 2.75) is 24.6 Å². The van der Waals surface area contributed by atoms with Crippen LogP contribution in [0.5, 0.6) is 0 Å². The lowest BCUT2D eigenvalue weighted by Crippen LogP contribution is -2.35. The van der Waals surface area contributed by atoms with E-state index in [9.17, 15) is 23.7 Å². The van der Waals surface area contributed by atoms with Gasteiger partial charge in [0.05, 0.1) is 6.61 Å². The van der Waals surface area contributed by atoms with E-state index in [0.29, 0.717) is 4.57 Å². The van der Waals surface area contributed by atoms with Gasteiger partial charge in [0.1, 0.15) is 12.2 Å². The van der Waals surface area contributed by atoms with Crippen LogP contribution in [-0.4, -0.2) is 49.4 Å². The highest BCUT2D eigenvalue weighted by molar-refractivity contribution is 7.46. The number of aliphatic hydroxyl groups excluding tert-OH is 1. The molecule has 22 heavy (non-hydrogen) atoms. The van der Waals surface area contributed by atoms with Crippen molar-refractivity contribution in [3.8, 4) is 0 Å². The van der Waals surface area contributed by atoms with Crippen LogP contribution < -0.4 is 17.4 Å². The van der Waals surface area contributed by atoms with E-state index in [2.05, 4.69) is 4.52 Å². The first-order valence-electron chi connectivity index (χ1n) is 5.68. The fourth-order valence-electron chi connectivity index (χ4n) is 1.86. The lowest BCUT2D eigenvalue weighted by atomic mass is 10.1. The van der Waals surface area contributed by atoms with Crippen molar-refractivity contribution in [3.63, 3.8) is 0 Å². The van der Waals surface area contributed by atoms with Gasteiger partial charge in [0.25, 0.3) is 5.56 Å². The molecule has 126 valence electrons. The van der Waals surface area contributed by atoms with Gasteiger partial charge in [0.15, 0.2) is 12.4 Å². The van der Waals surface area contributed by atoms with Crippen LogP contribution in [0.15, 0.2) is 21.9 Å². The van der Waals surface area contributed by atoms with E-state index in [-0.39, 0.29) is 6.15 Å². The summed E-state index contributed by atoms with van der Waals surface area (Å²) in [6, 6.07) is 0.962. The molecule has 4 atom stereocenters. The van der Waals surface area contributed by atoms with Crippen molar-refractivity contribution in [2.75, 3.05) is 6.61 Å². The Morgan fingerprint density at radius 2 is 2.09 bits per heavy atom. The third kappa shape index (κ3) is 4.08. The Kier molecular flexibility index (Phi) is 5.76. The van der Waals surface area contributed by atoms with Gasteiger partial charge < -0.3 is 25.8 Å². The molecule has 0 saturated carbocycles. The Morgan fingerprint density at radius 1 is 1.45 bits per heavy atom. The number of aromatic nitrogens is 2. The molecule has 0 aliphatic carbocycles. The Morgan fingerprint density at radius 3 is 2.64 bits per heavy atom. The summed E-state index contributed by atoms with van der Waals surface area (Å²) in [5, 5.41) is 9.61. The first-order chi connectivity index (χ1) is 9.69. The second kappa shape index (κ2) is 6.79. The fourth-order valence-corrected chi connectivity index (χ4v) is 2.20. The van der Waals surface area contributed by atoms with Gasteiger partial charge in [-0.1, -0.05) is 0 Å². The van der Waals surface area contributed by atoms with Gasteiger partial charge in [-0.3, -0.25) is 18.9 Å². The van der Waals surface area contributed by atoms with Gasteiger partial charge in [-0.15, -0.1) is 0 Å². The van der Waals surface area contributed by atoms with Gasteiger partial charge in [-0.05, 0) is 0 Å². The van der Waals surface area contributed by atoms with Gasteiger partial charge >= 0.3 is 13.5 Å². The number of hydrogen-bond acceptors (Lipinski definition) is 7. The Hall–Kier alpha value is -1.40. The predicted molar refractivity (Wildman–Crippen MR) is 69.2 cm³/mol. The molecule has 13 heteroatoms. The molecule has 0 bridgehead atoms. The second-order valence-electron chi connectivity index (χ2n) is 4.30. The summed E-state index contributed by atoms with van der Waals surface area (Å²) in [7, 11) is -4.80. The van der Waals surface area contributed by atoms with Crippen molar-refractivity contribution < 1.29 is 33.1 Å². The van der Waals surface area contributed by atoms with Crippen molar-refractivity contribution >= 4 is 7.82 Å². The number of hydrogen-bond donors (Lipinski definition) is 5. The Labute approximate surface area is 122 Å². The molecule has 7 N–H and O–H groups in total. The summed E-state index contributed by atoms with van der Waals surface area (Å²) < 4.78 is 34.4. The van der Waals surface area contributed by atoms with Crippen molar-refractivity contribution in [1.29, 1.82) is 0 Å². The van der Waals surface area contributed by atoms with E-state index in [1.165, 1.54) is 0 Å². The number of aliphatic hydroxyl groups is 1. The molecule has 1 aliphatic heterocycles. The summed E-state index contributed by atoms with van der Waals surface area (Å²) in [6.45, 7) is -0.763. The van der Waals surface area contributed by atoms with Crippen LogP contribution in [0, 0.1) is 0 Å². The van der Waals surface area contributed by atoms with Crippen molar-refractivity contribution in [2.24, 2.45) is 0 Å². The maximum atomic E-state index is 13.9. The summed E-state index contributed by atoms with van der Waals surface area (Å²) in [6.07, 6.45) is -5.73. The minimum atomic E-state index is -4.80. The van der Waals surface area contributed by atoms with E-state index in [0.717, 1.165) is 12.3 Å². The number of alkyl halides is 1. The molecule has 0 spiro atoms. The molecule has 0 amide bonds. The van der Waals surface area contributed by atoms with Crippen LogP contribution in [0.3, 0.4) is 0 Å². The molecule has 1 fully saturated rings. The lowest BCUT2D eigenvalue weighted by molar-refractivity contribution is -0.0483. The van der Waals surface area contributed by atoms with Crippen LogP contribution in [-0.2, 0) is 13.8 Å². The van der Waals surface area contributed by atoms with Crippen molar-refractivity contribution in [1.82, 2.24) is 15.7 Å². The number of phosphoric acid groups is 1. The molecule has 1 aromatic rings. The Bertz CT molecular complexity index is 671. The normalized spacial score (nSPS) is 28.4. The number of phosphoric ester groups is 1. The molecular formula is C9H15FN3O8P. The smallest absolute Gasteiger partial charge is 0.387 e. The summed E-state index contributed by atoms with van der Waals surface area (Å²) in [5.74, 6) is 0. The van der Waals surface area contributed by atoms with E-state index in [4.69, 9.17) is 14.5 Å².